The van der Waals surface area contributed by atoms with Gasteiger partial charge in [-0.1, -0.05) is 0 Å². The van der Waals surface area contributed by atoms with Gasteiger partial charge in [-0.15, -0.1) is 0 Å². The molecule has 3 heterocycles. The predicted octanol–water partition coefficient (Wildman–Crippen LogP) is 3.94. The Morgan fingerprint density at radius 2 is 1.75 bits per heavy atom. The second-order valence-corrected chi connectivity index (χ2v) is 6.55. The molecule has 0 radical (unpaired) electrons. The monoisotopic (exact) mass is 393 g/mol. The van der Waals surface area contributed by atoms with Gasteiger partial charge in [0.25, 0.3) is 0 Å². The number of ether oxygens (including phenoxy) is 3. The Morgan fingerprint density at radius 1 is 1.00 bits per heavy atom. The van der Waals surface area contributed by atoms with E-state index in [1.165, 1.54) is 0 Å². The number of esters is 1. The summed E-state index contributed by atoms with van der Waals surface area (Å²) in [5, 5.41) is 3.04. The number of carbonyl (C=O) groups is 1. The summed E-state index contributed by atoms with van der Waals surface area (Å²) >= 11 is 0. The number of benzene rings is 2. The Bertz CT molecular complexity index is 1060. The first kappa shape index (κ1) is 16.9. The van der Waals surface area contributed by atoms with Crippen LogP contribution in [0.25, 0.3) is 0 Å². The standard InChI is InChI=1S/C19H11F4NO4/c20-11-2-1-8(19(21,22)23)3-9(11)16-10-4-14-15(28-7-27-14)5-12(10)24-13-6-26-18(25)17(13)16/h1-5,16,24H,6-7H2/t16-/m1/s1. The summed E-state index contributed by atoms with van der Waals surface area (Å²) in [5.74, 6) is -1.81. The summed E-state index contributed by atoms with van der Waals surface area (Å²) in [6.45, 7) is -0.0743. The zero-order chi connectivity index (χ0) is 19.6. The molecule has 0 spiro atoms. The van der Waals surface area contributed by atoms with Gasteiger partial charge in [0.05, 0.1) is 16.8 Å². The fourth-order valence-corrected chi connectivity index (χ4v) is 3.70. The van der Waals surface area contributed by atoms with Gasteiger partial charge in [-0.25, -0.2) is 9.18 Å². The Hall–Kier alpha value is -3.23. The molecule has 28 heavy (non-hydrogen) atoms. The van der Waals surface area contributed by atoms with Gasteiger partial charge in [0, 0.05) is 23.2 Å². The SMILES string of the molecule is O=C1OCC2=C1[C@H](c1cc(C(F)(F)F)ccc1F)c1cc3c(cc1N2)OCO3. The van der Waals surface area contributed by atoms with Crippen LogP contribution in [-0.4, -0.2) is 19.4 Å². The van der Waals surface area contributed by atoms with E-state index < -0.39 is 29.4 Å². The van der Waals surface area contributed by atoms with E-state index >= 15 is 0 Å². The topological polar surface area (TPSA) is 56.8 Å². The summed E-state index contributed by atoms with van der Waals surface area (Å²) in [4.78, 5) is 12.3. The van der Waals surface area contributed by atoms with Crippen LogP contribution >= 0.6 is 0 Å². The molecule has 5 nitrogen and oxygen atoms in total. The number of alkyl halides is 3. The van der Waals surface area contributed by atoms with E-state index in [0.717, 1.165) is 12.1 Å². The lowest BCUT2D eigenvalue weighted by molar-refractivity contribution is -0.137. The van der Waals surface area contributed by atoms with Gasteiger partial charge in [-0.3, -0.25) is 0 Å². The summed E-state index contributed by atoms with van der Waals surface area (Å²) in [7, 11) is 0. The minimum Gasteiger partial charge on any atom is -0.456 e. The fraction of sp³-hybridized carbons (Fsp3) is 0.211. The zero-order valence-electron chi connectivity index (χ0n) is 14.0. The maximum Gasteiger partial charge on any atom is 0.416 e. The van der Waals surface area contributed by atoms with E-state index in [-0.39, 0.29) is 24.5 Å². The van der Waals surface area contributed by atoms with Crippen LogP contribution in [0.15, 0.2) is 41.6 Å². The molecular formula is C19H11F4NO4. The van der Waals surface area contributed by atoms with Crippen molar-refractivity contribution < 1.29 is 36.6 Å². The van der Waals surface area contributed by atoms with Crippen LogP contribution in [0.4, 0.5) is 23.2 Å². The molecule has 0 aliphatic carbocycles. The lowest BCUT2D eigenvalue weighted by atomic mass is 9.80. The zero-order valence-corrected chi connectivity index (χ0v) is 14.0. The largest absolute Gasteiger partial charge is 0.456 e. The minimum atomic E-state index is -4.65. The Balaban J connectivity index is 1.75. The maximum absolute atomic E-state index is 14.7. The number of carbonyl (C=O) groups excluding carboxylic acids is 1. The Kier molecular flexibility index (Phi) is 3.40. The van der Waals surface area contributed by atoms with Crippen LogP contribution in [0, 0.1) is 5.82 Å². The average molecular weight is 393 g/mol. The van der Waals surface area contributed by atoms with Gasteiger partial charge in [-0.2, -0.15) is 13.2 Å². The summed E-state index contributed by atoms with van der Waals surface area (Å²) in [6, 6.07) is 5.32. The van der Waals surface area contributed by atoms with Crippen molar-refractivity contribution in [2.24, 2.45) is 0 Å². The molecule has 2 aromatic carbocycles. The second kappa shape index (κ2) is 5.63. The van der Waals surface area contributed by atoms with Crippen LogP contribution in [0.3, 0.4) is 0 Å². The molecule has 5 rings (SSSR count). The van der Waals surface area contributed by atoms with Crippen molar-refractivity contribution in [3.8, 4) is 11.5 Å². The molecule has 0 aromatic heterocycles. The van der Waals surface area contributed by atoms with Crippen molar-refractivity contribution in [1.82, 2.24) is 0 Å². The molecule has 9 heteroatoms. The molecule has 0 amide bonds. The lowest BCUT2D eigenvalue weighted by Crippen LogP contribution is -2.21. The van der Waals surface area contributed by atoms with Crippen LogP contribution in [0.2, 0.25) is 0 Å². The smallest absolute Gasteiger partial charge is 0.416 e. The van der Waals surface area contributed by atoms with Crippen molar-refractivity contribution in [2.45, 2.75) is 12.1 Å². The number of nitrogens with one attached hydrogen (secondary N) is 1. The molecule has 144 valence electrons. The molecule has 3 aliphatic rings. The van der Waals surface area contributed by atoms with Crippen LogP contribution in [0.1, 0.15) is 22.6 Å². The Labute approximate surface area is 155 Å². The molecule has 0 fully saturated rings. The van der Waals surface area contributed by atoms with Crippen molar-refractivity contribution in [3.05, 3.63) is 64.1 Å². The molecule has 0 saturated carbocycles. The first-order valence-electron chi connectivity index (χ1n) is 8.30. The number of hydrogen-bond donors (Lipinski definition) is 1. The van der Waals surface area contributed by atoms with Gasteiger partial charge in [-0.05, 0) is 29.8 Å². The highest BCUT2D eigenvalue weighted by Gasteiger charge is 2.41. The molecule has 3 aliphatic heterocycles. The quantitative estimate of drug-likeness (QED) is 0.588. The molecule has 1 N–H and O–H groups in total. The van der Waals surface area contributed by atoms with Gasteiger partial charge in [0.15, 0.2) is 11.5 Å². The summed E-state index contributed by atoms with van der Waals surface area (Å²) in [6.07, 6.45) is -4.65. The van der Waals surface area contributed by atoms with Crippen molar-refractivity contribution >= 4 is 11.7 Å². The third kappa shape index (κ3) is 2.42. The van der Waals surface area contributed by atoms with Crippen LogP contribution in [-0.2, 0) is 15.7 Å². The fourth-order valence-electron chi connectivity index (χ4n) is 3.70. The molecular weight excluding hydrogens is 382 g/mol. The summed E-state index contributed by atoms with van der Waals surface area (Å²) < 4.78 is 70.0. The van der Waals surface area contributed by atoms with Crippen molar-refractivity contribution in [1.29, 1.82) is 0 Å². The number of hydrogen-bond acceptors (Lipinski definition) is 5. The van der Waals surface area contributed by atoms with Gasteiger partial charge >= 0.3 is 12.1 Å². The minimum absolute atomic E-state index is 0.00397. The molecule has 0 saturated heterocycles. The first-order valence-corrected chi connectivity index (χ1v) is 8.30. The highest BCUT2D eigenvalue weighted by atomic mass is 19.4. The molecule has 2 aromatic rings. The highest BCUT2D eigenvalue weighted by Crippen LogP contribution is 2.49. The highest BCUT2D eigenvalue weighted by molar-refractivity contribution is 5.97. The number of halogens is 4. The molecule has 1 atom stereocenters. The van der Waals surface area contributed by atoms with Crippen LogP contribution in [0.5, 0.6) is 11.5 Å². The number of fused-ring (bicyclic) bond motifs is 2. The van der Waals surface area contributed by atoms with Gasteiger partial charge in [0.1, 0.15) is 12.4 Å². The second-order valence-electron chi connectivity index (χ2n) is 6.55. The van der Waals surface area contributed by atoms with E-state index in [2.05, 4.69) is 5.32 Å². The van der Waals surface area contributed by atoms with E-state index in [4.69, 9.17) is 14.2 Å². The van der Waals surface area contributed by atoms with Crippen molar-refractivity contribution in [2.75, 3.05) is 18.7 Å². The van der Waals surface area contributed by atoms with E-state index in [0.29, 0.717) is 34.5 Å². The Morgan fingerprint density at radius 3 is 2.50 bits per heavy atom. The third-order valence-electron chi connectivity index (χ3n) is 4.96. The van der Waals surface area contributed by atoms with Crippen molar-refractivity contribution in [3.63, 3.8) is 0 Å². The lowest BCUT2D eigenvalue weighted by Gasteiger charge is -2.28. The number of cyclic esters (lactones) is 1. The maximum atomic E-state index is 14.7. The van der Waals surface area contributed by atoms with E-state index in [1.54, 1.807) is 12.1 Å². The van der Waals surface area contributed by atoms with E-state index in [1.807, 2.05) is 0 Å². The average Bonchev–Trinajstić information content (AvgIpc) is 3.24. The number of rotatable bonds is 1. The predicted molar refractivity (Wildman–Crippen MR) is 87.4 cm³/mol. The van der Waals surface area contributed by atoms with Gasteiger partial charge in [0.2, 0.25) is 6.79 Å². The molecule has 0 unspecified atom stereocenters. The van der Waals surface area contributed by atoms with E-state index in [9.17, 15) is 22.4 Å². The van der Waals surface area contributed by atoms with Gasteiger partial charge < -0.3 is 19.5 Å². The number of anilines is 1. The summed E-state index contributed by atoms with van der Waals surface area (Å²) in [5.41, 5.74) is 0.104. The van der Waals surface area contributed by atoms with Crippen LogP contribution < -0.4 is 14.8 Å². The normalized spacial score (nSPS) is 19.9. The molecule has 0 bridgehead atoms. The first-order chi connectivity index (χ1) is 13.3. The third-order valence-corrected chi connectivity index (χ3v) is 4.96.